The van der Waals surface area contributed by atoms with E-state index in [0.717, 1.165) is 35.6 Å². The van der Waals surface area contributed by atoms with E-state index in [4.69, 9.17) is 10.2 Å². The number of anilines is 2. The molecule has 2 heterocycles. The average Bonchev–Trinajstić information content (AvgIpc) is 2.86. The number of hydrogen-bond acceptors (Lipinski definition) is 4. The Kier molecular flexibility index (Phi) is 3.29. The number of nitrogens with two attached hydrogens (primary N) is 1. The summed E-state index contributed by atoms with van der Waals surface area (Å²) in [4.78, 5) is 4.26. The van der Waals surface area contributed by atoms with Gasteiger partial charge in [0.2, 0.25) is 0 Å². The number of aromatic nitrogens is 1. The average molecular weight is 267 g/mol. The summed E-state index contributed by atoms with van der Waals surface area (Å²) < 4.78 is 5.53. The van der Waals surface area contributed by atoms with Crippen molar-refractivity contribution in [2.24, 2.45) is 0 Å². The topological polar surface area (TPSA) is 64.1 Å². The third kappa shape index (κ3) is 2.45. The number of nitrogen functional groups attached to an aromatic ring is 1. The third-order valence-electron chi connectivity index (χ3n) is 3.41. The molecule has 0 bridgehead atoms. The van der Waals surface area contributed by atoms with E-state index in [1.165, 1.54) is 10.9 Å². The Hall–Kier alpha value is -2.49. The van der Waals surface area contributed by atoms with E-state index < -0.39 is 0 Å². The highest BCUT2D eigenvalue weighted by Gasteiger charge is 2.05. The van der Waals surface area contributed by atoms with Crippen LogP contribution in [0, 0.1) is 6.92 Å². The first-order valence-corrected chi connectivity index (χ1v) is 6.65. The summed E-state index contributed by atoms with van der Waals surface area (Å²) in [5.74, 6) is 0.851. The summed E-state index contributed by atoms with van der Waals surface area (Å²) in [6, 6.07) is 10.0. The van der Waals surface area contributed by atoms with Gasteiger partial charge in [0, 0.05) is 11.9 Å². The zero-order valence-electron chi connectivity index (χ0n) is 11.4. The molecule has 0 amide bonds. The van der Waals surface area contributed by atoms with Gasteiger partial charge in [0.25, 0.3) is 0 Å². The van der Waals surface area contributed by atoms with Crippen LogP contribution in [0.2, 0.25) is 0 Å². The Bertz CT molecular complexity index is 733. The fourth-order valence-electron chi connectivity index (χ4n) is 2.21. The van der Waals surface area contributed by atoms with E-state index in [1.807, 2.05) is 37.5 Å². The second-order valence-electron chi connectivity index (χ2n) is 4.86. The van der Waals surface area contributed by atoms with Gasteiger partial charge in [-0.3, -0.25) is 0 Å². The molecule has 3 rings (SSSR count). The summed E-state index contributed by atoms with van der Waals surface area (Å²) in [5.41, 5.74) is 9.65. The molecule has 0 aliphatic heterocycles. The molecule has 3 N–H and O–H groups in total. The lowest BCUT2D eigenvalue weighted by molar-refractivity contribution is 0.610. The van der Waals surface area contributed by atoms with Crippen LogP contribution < -0.4 is 11.1 Å². The molecule has 0 atom stereocenters. The Morgan fingerprint density at radius 1 is 1.30 bits per heavy atom. The predicted molar refractivity (Wildman–Crippen MR) is 81.8 cm³/mol. The van der Waals surface area contributed by atoms with Crippen LogP contribution in [0.1, 0.15) is 11.1 Å². The summed E-state index contributed by atoms with van der Waals surface area (Å²) in [6.45, 7) is 2.78. The smallest absolute Gasteiger partial charge is 0.134 e. The quantitative estimate of drug-likeness (QED) is 0.760. The van der Waals surface area contributed by atoms with E-state index >= 15 is 0 Å². The second kappa shape index (κ2) is 5.25. The number of aryl methyl sites for hydroxylation is 1. The number of furan rings is 1. The Morgan fingerprint density at radius 2 is 2.15 bits per heavy atom. The largest absolute Gasteiger partial charge is 0.464 e. The fraction of sp³-hybridized carbons (Fsp3) is 0.188. The van der Waals surface area contributed by atoms with Crippen LogP contribution in [0.4, 0.5) is 11.5 Å². The summed E-state index contributed by atoms with van der Waals surface area (Å²) >= 11 is 0. The minimum absolute atomic E-state index is 0.719. The molecular weight excluding hydrogens is 250 g/mol. The van der Waals surface area contributed by atoms with Gasteiger partial charge in [-0.2, -0.15) is 0 Å². The lowest BCUT2D eigenvalue weighted by Gasteiger charge is -2.07. The number of nitrogens with one attached hydrogen (secondary N) is 1. The summed E-state index contributed by atoms with van der Waals surface area (Å²) in [5, 5.41) is 4.48. The highest BCUT2D eigenvalue weighted by molar-refractivity contribution is 5.80. The molecule has 0 saturated carbocycles. The van der Waals surface area contributed by atoms with Crippen molar-refractivity contribution >= 4 is 22.5 Å². The van der Waals surface area contributed by atoms with Crippen molar-refractivity contribution in [3.8, 4) is 0 Å². The zero-order valence-corrected chi connectivity index (χ0v) is 11.4. The molecule has 102 valence electrons. The maximum atomic E-state index is 5.75. The van der Waals surface area contributed by atoms with Gasteiger partial charge < -0.3 is 15.5 Å². The number of benzene rings is 1. The monoisotopic (exact) mass is 267 g/mol. The molecule has 1 aromatic carbocycles. The molecule has 0 aliphatic carbocycles. The highest BCUT2D eigenvalue weighted by atomic mass is 16.3. The van der Waals surface area contributed by atoms with Crippen molar-refractivity contribution in [1.82, 2.24) is 4.98 Å². The van der Waals surface area contributed by atoms with Gasteiger partial charge in [-0.05, 0) is 36.6 Å². The molecule has 0 spiro atoms. The van der Waals surface area contributed by atoms with Crippen LogP contribution in [0.3, 0.4) is 0 Å². The Balaban J connectivity index is 1.66. The normalized spacial score (nSPS) is 10.8. The van der Waals surface area contributed by atoms with Gasteiger partial charge in [0.15, 0.2) is 0 Å². The molecule has 0 fully saturated rings. The molecule has 0 aliphatic rings. The molecule has 2 aromatic heterocycles. The summed E-state index contributed by atoms with van der Waals surface area (Å²) in [6.07, 6.45) is 4.40. The number of para-hydroxylation sites is 1. The number of fused-ring (bicyclic) bond motifs is 1. The standard InChI is InChI=1S/C16H17N3O/c1-11-8-16(19-9-14(11)17)18-7-6-12-10-20-15-5-3-2-4-13(12)15/h2-5,8-10H,6-7,17H2,1H3,(H,18,19). The SMILES string of the molecule is Cc1cc(NCCc2coc3ccccc23)ncc1N. The van der Waals surface area contributed by atoms with Crippen molar-refractivity contribution < 1.29 is 4.42 Å². The van der Waals surface area contributed by atoms with Gasteiger partial charge in [0.1, 0.15) is 11.4 Å². The van der Waals surface area contributed by atoms with E-state index in [2.05, 4.69) is 16.4 Å². The van der Waals surface area contributed by atoms with Crippen LogP contribution in [-0.4, -0.2) is 11.5 Å². The number of nitrogens with zero attached hydrogens (tertiary/aromatic N) is 1. The maximum Gasteiger partial charge on any atom is 0.134 e. The van der Waals surface area contributed by atoms with Crippen molar-refractivity contribution in [2.75, 3.05) is 17.6 Å². The van der Waals surface area contributed by atoms with Crippen LogP contribution in [-0.2, 0) is 6.42 Å². The number of rotatable bonds is 4. The van der Waals surface area contributed by atoms with Gasteiger partial charge in [-0.15, -0.1) is 0 Å². The van der Waals surface area contributed by atoms with Gasteiger partial charge >= 0.3 is 0 Å². The molecular formula is C16H17N3O. The van der Waals surface area contributed by atoms with Crippen molar-refractivity contribution in [3.05, 3.63) is 53.9 Å². The lowest BCUT2D eigenvalue weighted by Crippen LogP contribution is -2.06. The van der Waals surface area contributed by atoms with Gasteiger partial charge in [-0.1, -0.05) is 18.2 Å². The molecule has 20 heavy (non-hydrogen) atoms. The first-order valence-electron chi connectivity index (χ1n) is 6.65. The minimum Gasteiger partial charge on any atom is -0.464 e. The molecule has 0 radical (unpaired) electrons. The van der Waals surface area contributed by atoms with Crippen molar-refractivity contribution in [2.45, 2.75) is 13.3 Å². The van der Waals surface area contributed by atoms with E-state index in [0.29, 0.717) is 0 Å². The maximum absolute atomic E-state index is 5.75. The van der Waals surface area contributed by atoms with Crippen LogP contribution in [0.25, 0.3) is 11.0 Å². The minimum atomic E-state index is 0.719. The molecule has 4 nitrogen and oxygen atoms in total. The number of hydrogen-bond donors (Lipinski definition) is 2. The van der Waals surface area contributed by atoms with Crippen LogP contribution >= 0.6 is 0 Å². The molecule has 4 heteroatoms. The Morgan fingerprint density at radius 3 is 3.00 bits per heavy atom. The molecule has 0 saturated heterocycles. The van der Waals surface area contributed by atoms with E-state index in [9.17, 15) is 0 Å². The van der Waals surface area contributed by atoms with E-state index in [1.54, 1.807) is 6.20 Å². The Labute approximate surface area is 117 Å². The van der Waals surface area contributed by atoms with Gasteiger partial charge in [-0.25, -0.2) is 4.98 Å². The van der Waals surface area contributed by atoms with Gasteiger partial charge in [0.05, 0.1) is 18.1 Å². The fourth-order valence-corrected chi connectivity index (χ4v) is 2.21. The third-order valence-corrected chi connectivity index (χ3v) is 3.41. The second-order valence-corrected chi connectivity index (χ2v) is 4.86. The number of pyridine rings is 1. The first-order chi connectivity index (χ1) is 9.74. The van der Waals surface area contributed by atoms with Crippen molar-refractivity contribution in [1.29, 1.82) is 0 Å². The zero-order chi connectivity index (χ0) is 13.9. The van der Waals surface area contributed by atoms with Crippen LogP contribution in [0.5, 0.6) is 0 Å². The molecule has 3 aromatic rings. The lowest BCUT2D eigenvalue weighted by atomic mass is 10.1. The molecule has 0 unspecified atom stereocenters. The van der Waals surface area contributed by atoms with E-state index in [-0.39, 0.29) is 0 Å². The summed E-state index contributed by atoms with van der Waals surface area (Å²) in [7, 11) is 0. The first kappa shape index (κ1) is 12.5. The van der Waals surface area contributed by atoms with Crippen LogP contribution in [0.15, 0.2) is 47.2 Å². The predicted octanol–water partition coefficient (Wildman–Crippen LogP) is 3.37. The van der Waals surface area contributed by atoms with Crippen molar-refractivity contribution in [3.63, 3.8) is 0 Å². The highest BCUT2D eigenvalue weighted by Crippen LogP contribution is 2.21.